The molecule has 1 aromatic heterocycles. The van der Waals surface area contributed by atoms with Crippen molar-refractivity contribution >= 4 is 16.6 Å². The molecule has 1 unspecified atom stereocenters. The molecule has 0 spiro atoms. The molecule has 0 aliphatic carbocycles. The molecule has 1 N–H and O–H groups in total. The smallest absolute Gasteiger partial charge is 0.0936 e. The molecule has 1 aliphatic rings. The fourth-order valence-corrected chi connectivity index (χ4v) is 3.20. The first-order chi connectivity index (χ1) is 10.3. The zero-order chi connectivity index (χ0) is 14.7. The average Bonchev–Trinajstić information content (AvgIpc) is 2.73. The van der Waals surface area contributed by atoms with Crippen molar-refractivity contribution in [1.29, 1.82) is 0 Å². The van der Waals surface area contributed by atoms with E-state index in [1.165, 1.54) is 50.0 Å². The van der Waals surface area contributed by atoms with Gasteiger partial charge in [0.15, 0.2) is 0 Å². The molecule has 1 aliphatic heterocycles. The largest absolute Gasteiger partial charge is 0.381 e. The Hall–Kier alpha value is -1.61. The topological polar surface area (TPSA) is 28.2 Å². The van der Waals surface area contributed by atoms with Gasteiger partial charge in [-0.3, -0.25) is 4.98 Å². The standard InChI is InChI=1S/C18H25N3/c1-3-21-12-5-7-16(11-13-21)20-17-8-4-6-15-10-9-14(2)19-18(15)17/h4,6,8-10,16,20H,3,5,7,11-13H2,1-2H3. The number of hydrogen-bond acceptors (Lipinski definition) is 3. The maximum absolute atomic E-state index is 4.72. The summed E-state index contributed by atoms with van der Waals surface area (Å²) < 4.78 is 0. The van der Waals surface area contributed by atoms with E-state index in [1.807, 2.05) is 0 Å². The second kappa shape index (κ2) is 6.44. The van der Waals surface area contributed by atoms with Crippen LogP contribution in [0.2, 0.25) is 0 Å². The van der Waals surface area contributed by atoms with Crippen LogP contribution < -0.4 is 5.32 Å². The minimum Gasteiger partial charge on any atom is -0.381 e. The lowest BCUT2D eigenvalue weighted by Crippen LogP contribution is -2.26. The predicted molar refractivity (Wildman–Crippen MR) is 89.9 cm³/mol. The Bertz CT molecular complexity index is 608. The highest BCUT2D eigenvalue weighted by Gasteiger charge is 2.16. The fourth-order valence-electron chi connectivity index (χ4n) is 3.20. The van der Waals surface area contributed by atoms with Crippen LogP contribution in [0.3, 0.4) is 0 Å². The number of fused-ring (bicyclic) bond motifs is 1. The molecule has 0 amide bonds. The molecular formula is C18H25N3. The van der Waals surface area contributed by atoms with Crippen LogP contribution in [0.1, 0.15) is 31.9 Å². The third-order valence-electron chi connectivity index (χ3n) is 4.49. The van der Waals surface area contributed by atoms with E-state index in [-0.39, 0.29) is 0 Å². The third kappa shape index (κ3) is 3.35. The van der Waals surface area contributed by atoms with Gasteiger partial charge in [0.05, 0.1) is 11.2 Å². The Morgan fingerprint density at radius 2 is 2.10 bits per heavy atom. The maximum Gasteiger partial charge on any atom is 0.0936 e. The summed E-state index contributed by atoms with van der Waals surface area (Å²) in [6.07, 6.45) is 3.75. The van der Waals surface area contributed by atoms with Crippen LogP contribution in [0.25, 0.3) is 10.9 Å². The number of aryl methyl sites for hydroxylation is 1. The number of nitrogens with one attached hydrogen (secondary N) is 1. The van der Waals surface area contributed by atoms with E-state index in [0.717, 1.165) is 11.2 Å². The first kappa shape index (κ1) is 14.3. The van der Waals surface area contributed by atoms with Crippen LogP contribution in [-0.2, 0) is 0 Å². The van der Waals surface area contributed by atoms with Crippen LogP contribution >= 0.6 is 0 Å². The van der Waals surface area contributed by atoms with Gasteiger partial charge in [-0.15, -0.1) is 0 Å². The van der Waals surface area contributed by atoms with E-state index in [0.29, 0.717) is 6.04 Å². The highest BCUT2D eigenvalue weighted by atomic mass is 15.1. The number of aromatic nitrogens is 1. The fraction of sp³-hybridized carbons (Fsp3) is 0.500. The summed E-state index contributed by atoms with van der Waals surface area (Å²) in [5, 5.41) is 4.96. The molecule has 0 bridgehead atoms. The number of likely N-dealkylation sites (tertiary alicyclic amines) is 1. The predicted octanol–water partition coefficient (Wildman–Crippen LogP) is 3.83. The number of nitrogens with zero attached hydrogens (tertiary/aromatic N) is 2. The third-order valence-corrected chi connectivity index (χ3v) is 4.49. The molecule has 0 radical (unpaired) electrons. The van der Waals surface area contributed by atoms with Crippen molar-refractivity contribution in [1.82, 2.24) is 9.88 Å². The first-order valence-corrected chi connectivity index (χ1v) is 8.11. The molecule has 3 heteroatoms. The van der Waals surface area contributed by atoms with E-state index < -0.39 is 0 Å². The SMILES string of the molecule is CCN1CCCC(Nc2cccc3ccc(C)nc23)CC1. The quantitative estimate of drug-likeness (QED) is 0.928. The van der Waals surface area contributed by atoms with Crippen LogP contribution in [-0.4, -0.2) is 35.6 Å². The normalized spacial score (nSPS) is 20.4. The van der Waals surface area contributed by atoms with E-state index in [4.69, 9.17) is 4.98 Å². The van der Waals surface area contributed by atoms with Crippen LogP contribution in [0, 0.1) is 6.92 Å². The lowest BCUT2D eigenvalue weighted by atomic mass is 10.1. The minimum atomic E-state index is 0.564. The Labute approximate surface area is 127 Å². The monoisotopic (exact) mass is 283 g/mol. The molecule has 1 saturated heterocycles. The summed E-state index contributed by atoms with van der Waals surface area (Å²) >= 11 is 0. The van der Waals surface area contributed by atoms with Crippen molar-refractivity contribution in [3.8, 4) is 0 Å². The Morgan fingerprint density at radius 3 is 2.95 bits per heavy atom. The number of anilines is 1. The van der Waals surface area contributed by atoms with Gasteiger partial charge in [-0.25, -0.2) is 0 Å². The summed E-state index contributed by atoms with van der Waals surface area (Å²) in [4.78, 5) is 7.27. The maximum atomic E-state index is 4.72. The molecule has 2 aromatic rings. The Morgan fingerprint density at radius 1 is 1.19 bits per heavy atom. The molecule has 1 fully saturated rings. The molecule has 0 saturated carbocycles. The molecule has 21 heavy (non-hydrogen) atoms. The van der Waals surface area contributed by atoms with Gasteiger partial charge < -0.3 is 10.2 Å². The van der Waals surface area contributed by atoms with E-state index in [1.54, 1.807) is 0 Å². The summed E-state index contributed by atoms with van der Waals surface area (Å²) in [6.45, 7) is 7.92. The Balaban J connectivity index is 1.80. The van der Waals surface area contributed by atoms with Crippen molar-refractivity contribution in [3.63, 3.8) is 0 Å². The summed E-state index contributed by atoms with van der Waals surface area (Å²) in [5.41, 5.74) is 3.37. The molecule has 1 aromatic carbocycles. The molecular weight excluding hydrogens is 258 g/mol. The van der Waals surface area contributed by atoms with Gasteiger partial charge in [0.1, 0.15) is 0 Å². The average molecular weight is 283 g/mol. The highest BCUT2D eigenvalue weighted by Crippen LogP contribution is 2.24. The number of rotatable bonds is 3. The zero-order valence-corrected chi connectivity index (χ0v) is 13.1. The van der Waals surface area contributed by atoms with Crippen molar-refractivity contribution in [2.24, 2.45) is 0 Å². The number of benzene rings is 1. The van der Waals surface area contributed by atoms with Crippen molar-refractivity contribution in [2.45, 2.75) is 39.2 Å². The lowest BCUT2D eigenvalue weighted by molar-refractivity contribution is 0.300. The summed E-state index contributed by atoms with van der Waals surface area (Å²) in [5.74, 6) is 0. The van der Waals surface area contributed by atoms with Gasteiger partial charge in [-0.2, -0.15) is 0 Å². The van der Waals surface area contributed by atoms with Gasteiger partial charge in [-0.1, -0.05) is 25.1 Å². The molecule has 3 nitrogen and oxygen atoms in total. The second-order valence-corrected chi connectivity index (χ2v) is 6.04. The van der Waals surface area contributed by atoms with E-state index >= 15 is 0 Å². The van der Waals surface area contributed by atoms with E-state index in [2.05, 4.69) is 54.4 Å². The van der Waals surface area contributed by atoms with Crippen molar-refractivity contribution in [3.05, 3.63) is 36.0 Å². The summed E-state index contributed by atoms with van der Waals surface area (Å²) in [6, 6.07) is 11.2. The van der Waals surface area contributed by atoms with Gasteiger partial charge in [0, 0.05) is 23.7 Å². The van der Waals surface area contributed by atoms with Crippen molar-refractivity contribution in [2.75, 3.05) is 25.0 Å². The number of hydrogen-bond donors (Lipinski definition) is 1. The lowest BCUT2D eigenvalue weighted by Gasteiger charge is -2.20. The summed E-state index contributed by atoms with van der Waals surface area (Å²) in [7, 11) is 0. The molecule has 1 atom stereocenters. The zero-order valence-electron chi connectivity index (χ0n) is 13.1. The first-order valence-electron chi connectivity index (χ1n) is 8.11. The van der Waals surface area contributed by atoms with E-state index in [9.17, 15) is 0 Å². The minimum absolute atomic E-state index is 0.564. The Kier molecular flexibility index (Phi) is 4.39. The van der Waals surface area contributed by atoms with Gasteiger partial charge in [0.25, 0.3) is 0 Å². The highest BCUT2D eigenvalue weighted by molar-refractivity contribution is 5.90. The molecule has 112 valence electrons. The van der Waals surface area contributed by atoms with Crippen LogP contribution in [0.15, 0.2) is 30.3 Å². The number of pyridine rings is 1. The van der Waals surface area contributed by atoms with Crippen LogP contribution in [0.5, 0.6) is 0 Å². The van der Waals surface area contributed by atoms with Gasteiger partial charge in [-0.05, 0) is 51.4 Å². The van der Waals surface area contributed by atoms with Crippen molar-refractivity contribution < 1.29 is 0 Å². The number of para-hydroxylation sites is 1. The molecule has 3 rings (SSSR count). The van der Waals surface area contributed by atoms with Crippen LogP contribution in [0.4, 0.5) is 5.69 Å². The second-order valence-electron chi connectivity index (χ2n) is 6.04. The molecule has 2 heterocycles. The van der Waals surface area contributed by atoms with Gasteiger partial charge in [0.2, 0.25) is 0 Å². The van der Waals surface area contributed by atoms with Gasteiger partial charge >= 0.3 is 0 Å².